The van der Waals surface area contributed by atoms with E-state index < -0.39 is 28.1 Å². The van der Waals surface area contributed by atoms with Crippen molar-refractivity contribution in [2.24, 2.45) is 5.73 Å². The Morgan fingerprint density at radius 2 is 1.67 bits per heavy atom. The zero-order chi connectivity index (χ0) is 17.9. The van der Waals surface area contributed by atoms with Gasteiger partial charge in [0.05, 0.1) is 10.9 Å². The van der Waals surface area contributed by atoms with Crippen LogP contribution in [0.2, 0.25) is 5.02 Å². The summed E-state index contributed by atoms with van der Waals surface area (Å²) in [5, 5.41) is 9.63. The van der Waals surface area contributed by atoms with E-state index in [2.05, 4.69) is 4.72 Å². The third-order valence-corrected chi connectivity index (χ3v) is 5.20. The monoisotopic (exact) mass is 368 g/mol. The van der Waals surface area contributed by atoms with Crippen LogP contribution in [-0.4, -0.2) is 25.5 Å². The summed E-state index contributed by atoms with van der Waals surface area (Å²) in [5.74, 6) is -1.32. The lowest BCUT2D eigenvalue weighted by Gasteiger charge is -2.22. The minimum atomic E-state index is -3.94. The number of halogens is 1. The number of nitrogens with two attached hydrogens (primary N) is 1. The average molecular weight is 369 g/mol. The van der Waals surface area contributed by atoms with E-state index in [-0.39, 0.29) is 4.90 Å². The maximum atomic E-state index is 12.5. The molecule has 0 bridgehead atoms. The summed E-state index contributed by atoms with van der Waals surface area (Å²) < 4.78 is 27.4. The molecule has 0 unspecified atom stereocenters. The van der Waals surface area contributed by atoms with Gasteiger partial charge in [-0.05, 0) is 36.8 Å². The summed E-state index contributed by atoms with van der Waals surface area (Å²) in [7, 11) is -3.94. The number of benzene rings is 2. The van der Waals surface area contributed by atoms with Crippen LogP contribution in [0.5, 0.6) is 0 Å². The fraction of sp³-hybridized carbons (Fsp3) is 0.188. The quantitative estimate of drug-likeness (QED) is 0.723. The molecular weight excluding hydrogens is 352 g/mol. The Labute approximate surface area is 145 Å². The summed E-state index contributed by atoms with van der Waals surface area (Å²) >= 11 is 5.82. The van der Waals surface area contributed by atoms with Gasteiger partial charge in [0, 0.05) is 5.02 Å². The highest BCUT2D eigenvalue weighted by Gasteiger charge is 2.30. The van der Waals surface area contributed by atoms with Crippen molar-refractivity contribution < 1.29 is 18.3 Å². The second-order valence-electron chi connectivity index (χ2n) is 5.33. The number of carboxylic acids is 1. The highest BCUT2D eigenvalue weighted by molar-refractivity contribution is 7.89. The third kappa shape index (κ3) is 4.33. The van der Waals surface area contributed by atoms with Crippen LogP contribution in [-0.2, 0) is 14.8 Å². The van der Waals surface area contributed by atoms with Gasteiger partial charge in [-0.15, -0.1) is 0 Å². The minimum absolute atomic E-state index is 0.0321. The largest absolute Gasteiger partial charge is 0.480 e. The zero-order valence-electron chi connectivity index (χ0n) is 12.8. The first-order valence-corrected chi connectivity index (χ1v) is 8.89. The molecule has 24 heavy (non-hydrogen) atoms. The van der Waals surface area contributed by atoms with E-state index >= 15 is 0 Å². The summed E-state index contributed by atoms with van der Waals surface area (Å²) in [4.78, 5) is 11.3. The van der Waals surface area contributed by atoms with Gasteiger partial charge >= 0.3 is 5.97 Å². The van der Waals surface area contributed by atoms with Gasteiger partial charge in [-0.1, -0.05) is 41.4 Å². The summed E-state index contributed by atoms with van der Waals surface area (Å²) in [6.45, 7) is 1.83. The smallest absolute Gasteiger partial charge is 0.322 e. The van der Waals surface area contributed by atoms with Gasteiger partial charge < -0.3 is 10.8 Å². The lowest BCUT2D eigenvalue weighted by molar-refractivity contribution is -0.139. The molecule has 2 aromatic carbocycles. The molecule has 0 saturated heterocycles. The van der Waals surface area contributed by atoms with Crippen molar-refractivity contribution in [1.29, 1.82) is 0 Å². The van der Waals surface area contributed by atoms with Crippen LogP contribution in [0.3, 0.4) is 0 Å². The topological polar surface area (TPSA) is 109 Å². The van der Waals surface area contributed by atoms with E-state index in [0.717, 1.165) is 5.56 Å². The molecule has 0 fully saturated rings. The number of nitrogens with one attached hydrogen (secondary N) is 1. The molecule has 2 atom stereocenters. The Morgan fingerprint density at radius 1 is 1.12 bits per heavy atom. The van der Waals surface area contributed by atoms with E-state index in [1.807, 2.05) is 6.92 Å². The molecule has 2 rings (SSSR count). The lowest BCUT2D eigenvalue weighted by atomic mass is 10.0. The van der Waals surface area contributed by atoms with Crippen molar-refractivity contribution in [2.45, 2.75) is 23.9 Å². The molecule has 6 nitrogen and oxygen atoms in total. The van der Waals surface area contributed by atoms with Crippen LogP contribution in [0, 0.1) is 6.92 Å². The van der Waals surface area contributed by atoms with Crippen LogP contribution in [0.1, 0.15) is 17.2 Å². The predicted octanol–water partition coefficient (Wildman–Crippen LogP) is 2.08. The number of aliphatic carboxylic acids is 1. The van der Waals surface area contributed by atoms with Gasteiger partial charge in [-0.25, -0.2) is 13.1 Å². The first-order valence-electron chi connectivity index (χ1n) is 7.03. The van der Waals surface area contributed by atoms with Gasteiger partial charge in [0.2, 0.25) is 10.0 Å². The van der Waals surface area contributed by atoms with Crippen LogP contribution < -0.4 is 10.5 Å². The van der Waals surface area contributed by atoms with Crippen molar-refractivity contribution in [1.82, 2.24) is 4.72 Å². The zero-order valence-corrected chi connectivity index (χ0v) is 14.4. The number of sulfonamides is 1. The van der Waals surface area contributed by atoms with Crippen molar-refractivity contribution in [3.8, 4) is 0 Å². The van der Waals surface area contributed by atoms with Gasteiger partial charge in [0.15, 0.2) is 0 Å². The molecule has 0 aliphatic rings. The molecule has 8 heteroatoms. The van der Waals surface area contributed by atoms with E-state index in [1.165, 1.54) is 24.3 Å². The average Bonchev–Trinajstić information content (AvgIpc) is 2.53. The SMILES string of the molecule is Cc1ccc(S(=O)(=O)N[C@@H](c2ccc(Cl)cc2)[C@H](N)C(=O)O)cc1. The summed E-state index contributed by atoms with van der Waals surface area (Å²) in [6.07, 6.45) is 0. The molecule has 0 aromatic heterocycles. The Hall–Kier alpha value is -1.93. The van der Waals surface area contributed by atoms with E-state index in [0.29, 0.717) is 10.6 Å². The Balaban J connectivity index is 2.39. The third-order valence-electron chi connectivity index (χ3n) is 3.49. The van der Waals surface area contributed by atoms with Crippen molar-refractivity contribution >= 4 is 27.6 Å². The van der Waals surface area contributed by atoms with E-state index in [1.54, 1.807) is 24.3 Å². The summed E-state index contributed by atoms with van der Waals surface area (Å²) in [6, 6.07) is 9.77. The van der Waals surface area contributed by atoms with Crippen molar-refractivity contribution in [3.63, 3.8) is 0 Å². The first kappa shape index (κ1) is 18.4. The number of carbonyl (C=O) groups is 1. The molecule has 0 heterocycles. The van der Waals surface area contributed by atoms with Gasteiger partial charge in [-0.3, -0.25) is 4.79 Å². The maximum absolute atomic E-state index is 12.5. The van der Waals surface area contributed by atoms with Crippen LogP contribution in [0.15, 0.2) is 53.4 Å². The number of rotatable bonds is 6. The molecular formula is C16H17ClN2O4S. The molecule has 0 spiro atoms. The molecule has 2 aromatic rings. The predicted molar refractivity (Wildman–Crippen MR) is 91.3 cm³/mol. The Kier molecular flexibility index (Phi) is 5.61. The van der Waals surface area contributed by atoms with Crippen molar-refractivity contribution in [3.05, 3.63) is 64.7 Å². The second kappa shape index (κ2) is 7.31. The Bertz CT molecular complexity index is 820. The first-order chi connectivity index (χ1) is 11.2. The second-order valence-corrected chi connectivity index (χ2v) is 7.48. The van der Waals surface area contributed by atoms with Crippen molar-refractivity contribution in [2.75, 3.05) is 0 Å². The maximum Gasteiger partial charge on any atom is 0.322 e. The van der Waals surface area contributed by atoms with E-state index in [4.69, 9.17) is 17.3 Å². The van der Waals surface area contributed by atoms with Crippen LogP contribution in [0.25, 0.3) is 0 Å². The highest BCUT2D eigenvalue weighted by Crippen LogP contribution is 2.22. The lowest BCUT2D eigenvalue weighted by Crippen LogP contribution is -2.45. The molecule has 128 valence electrons. The van der Waals surface area contributed by atoms with Gasteiger partial charge in [0.1, 0.15) is 6.04 Å². The number of hydrogen-bond donors (Lipinski definition) is 3. The fourth-order valence-electron chi connectivity index (χ4n) is 2.11. The minimum Gasteiger partial charge on any atom is -0.480 e. The molecule has 4 N–H and O–H groups in total. The standard InChI is InChI=1S/C16H17ClN2O4S/c1-10-2-8-13(9-3-10)24(22,23)19-15(14(18)16(20)21)11-4-6-12(17)7-5-11/h2-9,14-15,19H,18H2,1H3,(H,20,21)/t14-,15-/m0/s1. The van der Waals surface area contributed by atoms with Crippen LogP contribution >= 0.6 is 11.6 Å². The highest BCUT2D eigenvalue weighted by atomic mass is 35.5. The summed E-state index contributed by atoms with van der Waals surface area (Å²) in [5.41, 5.74) is 7.00. The van der Waals surface area contributed by atoms with Gasteiger partial charge in [0.25, 0.3) is 0 Å². The normalized spacial score (nSPS) is 14.1. The molecule has 0 aliphatic heterocycles. The van der Waals surface area contributed by atoms with Gasteiger partial charge in [-0.2, -0.15) is 0 Å². The number of hydrogen-bond acceptors (Lipinski definition) is 4. The fourth-order valence-corrected chi connectivity index (χ4v) is 3.49. The molecule has 0 saturated carbocycles. The van der Waals surface area contributed by atoms with Crippen LogP contribution in [0.4, 0.5) is 0 Å². The number of aryl methyl sites for hydroxylation is 1. The molecule has 0 radical (unpaired) electrons. The number of carboxylic acid groups (broad SMARTS) is 1. The van der Waals surface area contributed by atoms with E-state index in [9.17, 15) is 18.3 Å². The molecule has 0 aliphatic carbocycles. The molecule has 0 amide bonds. The Morgan fingerprint density at radius 3 is 2.17 bits per heavy atom.